The molecule has 0 aliphatic carbocycles. The first-order valence-corrected chi connectivity index (χ1v) is 10.1. The van der Waals surface area contributed by atoms with E-state index in [0.29, 0.717) is 17.4 Å². The van der Waals surface area contributed by atoms with E-state index in [1.54, 1.807) is 12.1 Å². The van der Waals surface area contributed by atoms with E-state index in [1.165, 1.54) is 32.5 Å². The zero-order valence-electron chi connectivity index (χ0n) is 18.4. The van der Waals surface area contributed by atoms with Crippen LogP contribution in [0.5, 0.6) is 17.2 Å². The lowest BCUT2D eigenvalue weighted by Gasteiger charge is -2.14. The van der Waals surface area contributed by atoms with Gasteiger partial charge in [0, 0.05) is 5.69 Å². The number of aromatic nitrogens is 2. The highest BCUT2D eigenvalue weighted by Gasteiger charge is 2.18. The number of ether oxygens (including phenoxy) is 3. The van der Waals surface area contributed by atoms with Gasteiger partial charge in [0.15, 0.2) is 17.3 Å². The summed E-state index contributed by atoms with van der Waals surface area (Å²) in [4.78, 5) is 8.31. The normalized spacial score (nSPS) is 11.7. The molecule has 1 atom stereocenters. The summed E-state index contributed by atoms with van der Waals surface area (Å²) in [5.41, 5.74) is 1.52. The first-order chi connectivity index (χ1) is 15.8. The molecule has 0 saturated carbocycles. The Hall–Kier alpha value is -3.50. The van der Waals surface area contributed by atoms with Crippen molar-refractivity contribution in [2.24, 2.45) is 0 Å². The molecular weight excluding hydrogens is 436 g/mol. The van der Waals surface area contributed by atoms with Crippen molar-refractivity contribution >= 4 is 11.6 Å². The second-order valence-electron chi connectivity index (χ2n) is 7.29. The van der Waals surface area contributed by atoms with Gasteiger partial charge in [-0.05, 0) is 49.2 Å². The fourth-order valence-electron chi connectivity index (χ4n) is 2.95. The van der Waals surface area contributed by atoms with Gasteiger partial charge in [0.1, 0.15) is 30.9 Å². The van der Waals surface area contributed by atoms with E-state index in [-0.39, 0.29) is 42.4 Å². The van der Waals surface area contributed by atoms with Gasteiger partial charge in [-0.2, -0.15) is 0 Å². The smallest absolute Gasteiger partial charge is 0.227 e. The molecule has 0 radical (unpaired) electrons. The summed E-state index contributed by atoms with van der Waals surface area (Å²) in [6.07, 6.45) is 1.83. The van der Waals surface area contributed by atoms with Crippen molar-refractivity contribution in [1.82, 2.24) is 9.97 Å². The maximum Gasteiger partial charge on any atom is 0.227 e. The van der Waals surface area contributed by atoms with Gasteiger partial charge in [0.05, 0.1) is 31.7 Å². The van der Waals surface area contributed by atoms with Crippen LogP contribution < -0.4 is 19.5 Å². The second-order valence-corrected chi connectivity index (χ2v) is 7.29. The number of nitrogens with one attached hydrogen (secondary N) is 1. The average Bonchev–Trinajstić information content (AvgIpc) is 2.81. The predicted octanol–water partition coefficient (Wildman–Crippen LogP) is 3.43. The number of hydrogen-bond acceptors (Lipinski definition) is 8. The number of anilines is 2. The van der Waals surface area contributed by atoms with E-state index in [4.69, 9.17) is 19.3 Å². The number of aliphatic hydroxyl groups is 2. The molecule has 1 aromatic heterocycles. The Morgan fingerprint density at radius 3 is 2.36 bits per heavy atom. The molecule has 3 rings (SSSR count). The molecule has 1 unspecified atom stereocenters. The molecule has 1 heterocycles. The minimum Gasteiger partial charge on any atom is -0.494 e. The molecule has 0 aliphatic rings. The van der Waals surface area contributed by atoms with E-state index in [0.717, 1.165) is 5.56 Å². The summed E-state index contributed by atoms with van der Waals surface area (Å²) in [5, 5.41) is 21.3. The molecule has 2 aromatic carbocycles. The third kappa shape index (κ3) is 6.05. The number of methoxy groups -OCH3 is 1. The molecule has 0 bridgehead atoms. The van der Waals surface area contributed by atoms with Crippen LogP contribution in [0.3, 0.4) is 0 Å². The van der Waals surface area contributed by atoms with Crippen LogP contribution >= 0.6 is 0 Å². The van der Waals surface area contributed by atoms with Crippen LogP contribution in [0.1, 0.15) is 16.7 Å². The summed E-state index contributed by atoms with van der Waals surface area (Å²) in [7, 11) is 1.31. The lowest BCUT2D eigenvalue weighted by atomic mass is 10.1. The van der Waals surface area contributed by atoms with Crippen LogP contribution in [0, 0.1) is 25.5 Å². The molecule has 10 heteroatoms. The van der Waals surface area contributed by atoms with Gasteiger partial charge >= 0.3 is 0 Å². The Kier molecular flexibility index (Phi) is 7.96. The number of halogens is 2. The van der Waals surface area contributed by atoms with Crippen molar-refractivity contribution in [1.29, 1.82) is 0 Å². The summed E-state index contributed by atoms with van der Waals surface area (Å²) in [5.74, 6) is -0.456. The lowest BCUT2D eigenvalue weighted by molar-refractivity contribution is 0.0534. The van der Waals surface area contributed by atoms with E-state index in [2.05, 4.69) is 15.3 Å². The van der Waals surface area contributed by atoms with Crippen LogP contribution in [0.25, 0.3) is 0 Å². The molecule has 33 heavy (non-hydrogen) atoms. The molecular formula is C23H25F2N3O5. The fourth-order valence-corrected chi connectivity index (χ4v) is 2.95. The molecule has 0 amide bonds. The number of aliphatic hydroxyl groups excluding tert-OH is 2. The van der Waals surface area contributed by atoms with Crippen LogP contribution in [-0.4, -0.2) is 46.6 Å². The van der Waals surface area contributed by atoms with Gasteiger partial charge in [-0.25, -0.2) is 18.7 Å². The van der Waals surface area contributed by atoms with Crippen LogP contribution in [0.4, 0.5) is 20.4 Å². The highest BCUT2D eigenvalue weighted by Crippen LogP contribution is 2.28. The Bertz CT molecular complexity index is 1100. The SMILES string of the molecule is COc1cc(C)c(F)c(COc2cnc(Nc3ccc(OCC(O)CO)c(C)c3)nc2)c1F. The quantitative estimate of drug-likeness (QED) is 0.422. The van der Waals surface area contributed by atoms with E-state index >= 15 is 0 Å². The minimum atomic E-state index is -0.947. The van der Waals surface area contributed by atoms with Crippen molar-refractivity contribution in [3.63, 3.8) is 0 Å². The van der Waals surface area contributed by atoms with Crippen molar-refractivity contribution in [3.8, 4) is 17.2 Å². The number of hydrogen-bond donors (Lipinski definition) is 3. The van der Waals surface area contributed by atoms with E-state index in [1.807, 2.05) is 13.0 Å². The first-order valence-electron chi connectivity index (χ1n) is 10.1. The zero-order chi connectivity index (χ0) is 24.0. The number of nitrogens with zero attached hydrogens (tertiary/aromatic N) is 2. The lowest BCUT2D eigenvalue weighted by Crippen LogP contribution is -2.21. The van der Waals surface area contributed by atoms with Gasteiger partial charge < -0.3 is 29.7 Å². The fraction of sp³-hybridized carbons (Fsp3) is 0.304. The van der Waals surface area contributed by atoms with Crippen molar-refractivity contribution in [2.75, 3.05) is 25.6 Å². The summed E-state index contributed by atoms with van der Waals surface area (Å²) < 4.78 is 44.5. The van der Waals surface area contributed by atoms with Crippen LogP contribution in [0.15, 0.2) is 36.7 Å². The highest BCUT2D eigenvalue weighted by atomic mass is 19.1. The third-order valence-corrected chi connectivity index (χ3v) is 4.74. The summed E-state index contributed by atoms with van der Waals surface area (Å²) in [6.45, 7) is 2.61. The Morgan fingerprint density at radius 2 is 1.73 bits per heavy atom. The monoisotopic (exact) mass is 461 g/mol. The van der Waals surface area contributed by atoms with Gasteiger partial charge in [-0.1, -0.05) is 0 Å². The minimum absolute atomic E-state index is 0.0161. The molecule has 3 aromatic rings. The Morgan fingerprint density at radius 1 is 1.00 bits per heavy atom. The molecule has 0 aliphatic heterocycles. The third-order valence-electron chi connectivity index (χ3n) is 4.74. The van der Waals surface area contributed by atoms with Crippen molar-refractivity contribution < 1.29 is 33.2 Å². The number of aryl methyl sites for hydroxylation is 2. The molecule has 0 spiro atoms. The van der Waals surface area contributed by atoms with Crippen LogP contribution in [-0.2, 0) is 6.61 Å². The topological polar surface area (TPSA) is 106 Å². The summed E-state index contributed by atoms with van der Waals surface area (Å²) in [6, 6.07) is 6.57. The van der Waals surface area contributed by atoms with E-state index in [9.17, 15) is 13.9 Å². The van der Waals surface area contributed by atoms with E-state index < -0.39 is 17.7 Å². The highest BCUT2D eigenvalue weighted by molar-refractivity contribution is 5.57. The van der Waals surface area contributed by atoms with Crippen LogP contribution in [0.2, 0.25) is 0 Å². The molecule has 0 saturated heterocycles. The predicted molar refractivity (Wildman–Crippen MR) is 117 cm³/mol. The number of benzene rings is 2. The standard InChI is InChI=1S/C23H25F2N3O5/c1-13-6-15(4-5-19(13)33-11-16(30)10-29)28-23-26-8-17(9-27-23)32-12-18-21(24)14(2)7-20(31-3)22(18)25/h4-9,16,29-30H,10-12H2,1-3H3,(H,26,27,28). The molecule has 3 N–H and O–H groups in total. The largest absolute Gasteiger partial charge is 0.494 e. The van der Waals surface area contributed by atoms with Crippen molar-refractivity contribution in [3.05, 3.63) is 65.0 Å². The Balaban J connectivity index is 1.62. The summed E-state index contributed by atoms with van der Waals surface area (Å²) >= 11 is 0. The van der Waals surface area contributed by atoms with Gasteiger partial charge in [0.2, 0.25) is 5.95 Å². The molecule has 8 nitrogen and oxygen atoms in total. The average molecular weight is 461 g/mol. The zero-order valence-corrected chi connectivity index (χ0v) is 18.4. The second kappa shape index (κ2) is 10.9. The Labute approximate surface area is 189 Å². The van der Waals surface area contributed by atoms with Crippen molar-refractivity contribution in [2.45, 2.75) is 26.6 Å². The first kappa shape index (κ1) is 24.1. The van der Waals surface area contributed by atoms with Gasteiger partial charge in [-0.3, -0.25) is 0 Å². The maximum absolute atomic E-state index is 14.4. The molecule has 0 fully saturated rings. The van der Waals surface area contributed by atoms with Gasteiger partial charge in [0.25, 0.3) is 0 Å². The molecule has 176 valence electrons. The maximum atomic E-state index is 14.4. The number of rotatable bonds is 10. The van der Waals surface area contributed by atoms with Gasteiger partial charge in [-0.15, -0.1) is 0 Å².